The first-order valence-electron chi connectivity index (χ1n) is 7.65. The molecule has 2 heteroatoms. The highest BCUT2D eigenvalue weighted by Crippen LogP contribution is 2.33. The van der Waals surface area contributed by atoms with Gasteiger partial charge in [-0.15, -0.1) is 0 Å². The topological polar surface area (TPSA) is 32.6 Å². The predicted octanol–water partition coefficient (Wildman–Crippen LogP) is 4.36. The van der Waals surface area contributed by atoms with Crippen LogP contribution in [0.4, 0.5) is 0 Å². The van der Waals surface area contributed by atoms with E-state index >= 15 is 0 Å². The molecule has 3 aromatic rings. The van der Waals surface area contributed by atoms with Crippen molar-refractivity contribution in [3.05, 3.63) is 82.9 Å². The van der Waals surface area contributed by atoms with Crippen molar-refractivity contribution in [2.75, 3.05) is 0 Å². The molecule has 0 aliphatic heterocycles. The molecule has 0 radical (unpaired) electrons. The van der Waals surface area contributed by atoms with Gasteiger partial charge in [-0.1, -0.05) is 65.8 Å². The van der Waals surface area contributed by atoms with E-state index in [9.17, 15) is 5.21 Å². The van der Waals surface area contributed by atoms with Crippen LogP contribution in [0, 0.1) is 0 Å². The molecule has 0 saturated carbocycles. The Kier molecular flexibility index (Phi) is 3.15. The molecule has 1 N–H and O–H groups in total. The van der Waals surface area contributed by atoms with Gasteiger partial charge in [0.15, 0.2) is 0 Å². The Morgan fingerprint density at radius 2 is 1.64 bits per heavy atom. The Morgan fingerprint density at radius 3 is 2.41 bits per heavy atom. The molecule has 0 spiro atoms. The van der Waals surface area contributed by atoms with Crippen molar-refractivity contribution >= 4 is 16.5 Å². The standard InChI is InChI=1S/C20H17NO/c22-21-19(13-14-5-2-1-3-6-14)17-12-11-16-10-9-15-7-4-8-18(17)20(15)16/h1-8,11-12,22H,9-10,13H2/b21-19+. The predicted molar refractivity (Wildman–Crippen MR) is 89.8 cm³/mol. The van der Waals surface area contributed by atoms with Crippen molar-refractivity contribution < 1.29 is 5.21 Å². The molecule has 3 aromatic carbocycles. The molecule has 0 unspecified atom stereocenters. The summed E-state index contributed by atoms with van der Waals surface area (Å²) in [4.78, 5) is 0. The first kappa shape index (κ1) is 13.1. The lowest BCUT2D eigenvalue weighted by Gasteiger charge is -2.10. The summed E-state index contributed by atoms with van der Waals surface area (Å²) < 4.78 is 0. The van der Waals surface area contributed by atoms with E-state index < -0.39 is 0 Å². The average Bonchev–Trinajstić information content (AvgIpc) is 3.00. The maximum absolute atomic E-state index is 9.54. The number of hydrogen-bond acceptors (Lipinski definition) is 2. The van der Waals surface area contributed by atoms with Crippen molar-refractivity contribution in [2.45, 2.75) is 19.3 Å². The molecule has 4 rings (SSSR count). The van der Waals surface area contributed by atoms with E-state index in [2.05, 4.69) is 47.6 Å². The minimum atomic E-state index is 0.635. The third-order valence-electron chi connectivity index (χ3n) is 4.52. The zero-order valence-corrected chi connectivity index (χ0v) is 12.3. The highest BCUT2D eigenvalue weighted by Gasteiger charge is 2.18. The van der Waals surface area contributed by atoms with Crippen LogP contribution in [-0.2, 0) is 19.3 Å². The van der Waals surface area contributed by atoms with Gasteiger partial charge in [-0.05, 0) is 40.3 Å². The maximum Gasteiger partial charge on any atom is 0.0917 e. The van der Waals surface area contributed by atoms with Gasteiger partial charge in [0.05, 0.1) is 5.71 Å². The fourth-order valence-electron chi connectivity index (χ4n) is 3.47. The van der Waals surface area contributed by atoms with Gasteiger partial charge in [0, 0.05) is 12.0 Å². The molecular weight excluding hydrogens is 270 g/mol. The summed E-state index contributed by atoms with van der Waals surface area (Å²) >= 11 is 0. The first-order valence-corrected chi connectivity index (χ1v) is 7.65. The van der Waals surface area contributed by atoms with Crippen LogP contribution < -0.4 is 0 Å². The van der Waals surface area contributed by atoms with Gasteiger partial charge < -0.3 is 5.21 Å². The smallest absolute Gasteiger partial charge is 0.0917 e. The second-order valence-corrected chi connectivity index (χ2v) is 5.82. The van der Waals surface area contributed by atoms with Crippen molar-refractivity contribution in [2.24, 2.45) is 5.16 Å². The summed E-state index contributed by atoms with van der Waals surface area (Å²) in [5, 5.41) is 15.7. The molecule has 0 aromatic heterocycles. The van der Waals surface area contributed by atoms with Crippen LogP contribution in [0.25, 0.3) is 10.8 Å². The quantitative estimate of drug-likeness (QED) is 0.433. The molecular formula is C20H17NO. The summed E-state index contributed by atoms with van der Waals surface area (Å²) in [7, 11) is 0. The summed E-state index contributed by atoms with van der Waals surface area (Å²) in [6.45, 7) is 0. The third kappa shape index (κ3) is 2.08. The van der Waals surface area contributed by atoms with Gasteiger partial charge in [0.1, 0.15) is 0 Å². The summed E-state index contributed by atoms with van der Waals surface area (Å²) in [6, 6.07) is 20.9. The average molecular weight is 287 g/mol. The lowest BCUT2D eigenvalue weighted by atomic mass is 9.94. The summed E-state index contributed by atoms with van der Waals surface area (Å²) in [5.74, 6) is 0. The lowest BCUT2D eigenvalue weighted by molar-refractivity contribution is 0.318. The minimum Gasteiger partial charge on any atom is -0.411 e. The normalized spacial score (nSPS) is 13.7. The number of rotatable bonds is 3. The Hall–Kier alpha value is -2.61. The van der Waals surface area contributed by atoms with Crippen LogP contribution in [0.15, 0.2) is 65.8 Å². The minimum absolute atomic E-state index is 0.635. The van der Waals surface area contributed by atoms with Crippen LogP contribution in [-0.4, -0.2) is 10.9 Å². The third-order valence-corrected chi connectivity index (χ3v) is 4.52. The van der Waals surface area contributed by atoms with E-state index in [1.807, 2.05) is 18.2 Å². The van der Waals surface area contributed by atoms with E-state index in [0.29, 0.717) is 6.42 Å². The van der Waals surface area contributed by atoms with Gasteiger partial charge in [-0.25, -0.2) is 0 Å². The molecule has 22 heavy (non-hydrogen) atoms. The largest absolute Gasteiger partial charge is 0.411 e. The van der Waals surface area contributed by atoms with Crippen LogP contribution >= 0.6 is 0 Å². The Morgan fingerprint density at radius 1 is 0.864 bits per heavy atom. The van der Waals surface area contributed by atoms with E-state index in [-0.39, 0.29) is 0 Å². The zero-order valence-electron chi connectivity index (χ0n) is 12.3. The zero-order chi connectivity index (χ0) is 14.9. The first-order chi connectivity index (χ1) is 10.9. The molecule has 1 aliphatic carbocycles. The van der Waals surface area contributed by atoms with Gasteiger partial charge in [-0.2, -0.15) is 0 Å². The molecule has 0 amide bonds. The van der Waals surface area contributed by atoms with Crippen molar-refractivity contribution in [1.82, 2.24) is 0 Å². The fraction of sp³-hybridized carbons (Fsp3) is 0.150. The molecule has 0 atom stereocenters. The monoisotopic (exact) mass is 287 g/mol. The fourth-order valence-corrected chi connectivity index (χ4v) is 3.47. The molecule has 108 valence electrons. The van der Waals surface area contributed by atoms with Gasteiger partial charge >= 0.3 is 0 Å². The second-order valence-electron chi connectivity index (χ2n) is 5.82. The number of oxime groups is 1. The van der Waals surface area contributed by atoms with E-state index in [0.717, 1.165) is 29.7 Å². The number of hydrogen-bond donors (Lipinski definition) is 1. The van der Waals surface area contributed by atoms with Crippen molar-refractivity contribution in [3.8, 4) is 0 Å². The highest BCUT2D eigenvalue weighted by molar-refractivity contribution is 6.13. The number of aryl methyl sites for hydroxylation is 2. The molecule has 0 fully saturated rings. The van der Waals surface area contributed by atoms with Crippen molar-refractivity contribution in [1.29, 1.82) is 0 Å². The van der Waals surface area contributed by atoms with Crippen LogP contribution in [0.2, 0.25) is 0 Å². The molecule has 0 bridgehead atoms. The summed E-state index contributed by atoms with van der Waals surface area (Å²) in [6.07, 6.45) is 2.86. The molecule has 2 nitrogen and oxygen atoms in total. The Labute approximate surface area is 129 Å². The van der Waals surface area contributed by atoms with Crippen LogP contribution in [0.5, 0.6) is 0 Å². The van der Waals surface area contributed by atoms with E-state index in [4.69, 9.17) is 0 Å². The molecule has 1 aliphatic rings. The Bertz CT molecular complexity index is 855. The molecule has 0 heterocycles. The lowest BCUT2D eigenvalue weighted by Crippen LogP contribution is -2.06. The van der Waals surface area contributed by atoms with Crippen molar-refractivity contribution in [3.63, 3.8) is 0 Å². The van der Waals surface area contributed by atoms with Gasteiger partial charge in [0.25, 0.3) is 0 Å². The maximum atomic E-state index is 9.54. The second kappa shape index (κ2) is 5.30. The van der Waals surface area contributed by atoms with E-state index in [1.54, 1.807) is 0 Å². The van der Waals surface area contributed by atoms with Gasteiger partial charge in [-0.3, -0.25) is 0 Å². The number of benzene rings is 3. The number of nitrogens with zero attached hydrogens (tertiary/aromatic N) is 1. The SMILES string of the molecule is O/N=C(\Cc1ccccc1)c1ccc2c3c(cccc13)CC2. The summed E-state index contributed by atoms with van der Waals surface area (Å²) in [5.41, 5.74) is 5.73. The van der Waals surface area contributed by atoms with Gasteiger partial charge in [0.2, 0.25) is 0 Å². The van der Waals surface area contributed by atoms with E-state index in [1.165, 1.54) is 21.9 Å². The Balaban J connectivity index is 1.84. The van der Waals surface area contributed by atoms with Crippen LogP contribution in [0.3, 0.4) is 0 Å². The highest BCUT2D eigenvalue weighted by atomic mass is 16.4. The molecule has 0 saturated heterocycles. The van der Waals surface area contributed by atoms with Crippen LogP contribution in [0.1, 0.15) is 22.3 Å².